The van der Waals surface area contributed by atoms with Gasteiger partial charge in [0.2, 0.25) is 0 Å². The summed E-state index contributed by atoms with van der Waals surface area (Å²) in [6.45, 7) is 0.162. The Kier molecular flexibility index (Phi) is 3.30. The van der Waals surface area contributed by atoms with E-state index in [0.29, 0.717) is 6.42 Å². The molecule has 2 heterocycles. The third-order valence-electron chi connectivity index (χ3n) is 2.09. The number of hydrogen-bond donors (Lipinski definition) is 1. The first-order valence-electron chi connectivity index (χ1n) is 4.57. The van der Waals surface area contributed by atoms with Crippen molar-refractivity contribution < 1.29 is 9.90 Å². The van der Waals surface area contributed by atoms with Crippen LogP contribution in [0.2, 0.25) is 0 Å². The van der Waals surface area contributed by atoms with Gasteiger partial charge < -0.3 is 5.11 Å². The summed E-state index contributed by atoms with van der Waals surface area (Å²) >= 11 is 3.14. The zero-order chi connectivity index (χ0) is 10.7. The highest BCUT2D eigenvalue weighted by atomic mass is 32.1. The lowest BCUT2D eigenvalue weighted by molar-refractivity contribution is 0.112. The molecular formula is C11H10O2S2. The predicted octanol–water partition coefficient (Wildman–Crippen LogP) is 2.82. The second kappa shape index (κ2) is 4.70. The Morgan fingerprint density at radius 1 is 1.33 bits per heavy atom. The van der Waals surface area contributed by atoms with E-state index in [1.54, 1.807) is 11.3 Å². The molecule has 0 spiro atoms. The molecule has 2 rings (SSSR count). The van der Waals surface area contributed by atoms with Crippen LogP contribution in [-0.4, -0.2) is 18.0 Å². The number of aldehydes is 1. The third-order valence-corrected chi connectivity index (χ3v) is 4.24. The largest absolute Gasteiger partial charge is 0.396 e. The van der Waals surface area contributed by atoms with Crippen LogP contribution in [0.1, 0.15) is 15.2 Å². The third kappa shape index (κ3) is 2.17. The van der Waals surface area contributed by atoms with Crippen LogP contribution in [0.25, 0.3) is 9.75 Å². The lowest BCUT2D eigenvalue weighted by Gasteiger charge is -1.98. The fourth-order valence-electron chi connectivity index (χ4n) is 1.41. The van der Waals surface area contributed by atoms with Crippen LogP contribution < -0.4 is 0 Å². The summed E-state index contributed by atoms with van der Waals surface area (Å²) in [6.07, 6.45) is 1.54. The van der Waals surface area contributed by atoms with E-state index in [1.165, 1.54) is 16.2 Å². The summed E-state index contributed by atoms with van der Waals surface area (Å²) in [4.78, 5) is 13.6. The molecular weight excluding hydrogens is 228 g/mol. The van der Waals surface area contributed by atoms with Gasteiger partial charge in [0, 0.05) is 16.4 Å². The number of aliphatic hydroxyl groups is 1. The summed E-state index contributed by atoms with van der Waals surface area (Å²) < 4.78 is 0. The van der Waals surface area contributed by atoms with Crippen LogP contribution in [0.4, 0.5) is 0 Å². The van der Waals surface area contributed by atoms with E-state index in [-0.39, 0.29) is 6.61 Å². The molecule has 0 aromatic carbocycles. The highest BCUT2D eigenvalue weighted by molar-refractivity contribution is 7.22. The summed E-state index contributed by atoms with van der Waals surface area (Å²) in [6, 6.07) is 5.81. The van der Waals surface area contributed by atoms with Gasteiger partial charge in [-0.3, -0.25) is 4.79 Å². The normalized spacial score (nSPS) is 10.5. The molecule has 0 saturated carbocycles. The molecule has 0 aliphatic heterocycles. The van der Waals surface area contributed by atoms with E-state index in [9.17, 15) is 4.79 Å². The molecule has 0 bridgehead atoms. The molecule has 15 heavy (non-hydrogen) atoms. The highest BCUT2D eigenvalue weighted by Crippen LogP contribution is 2.34. The van der Waals surface area contributed by atoms with E-state index < -0.39 is 0 Å². The molecule has 2 aromatic rings. The SMILES string of the molecule is O=Cc1ccc(-c2sccc2CCO)s1. The number of carbonyl (C=O) groups is 1. The van der Waals surface area contributed by atoms with Crippen LogP contribution in [0.5, 0.6) is 0 Å². The van der Waals surface area contributed by atoms with E-state index in [0.717, 1.165) is 21.6 Å². The molecule has 0 amide bonds. The van der Waals surface area contributed by atoms with Gasteiger partial charge in [-0.1, -0.05) is 0 Å². The van der Waals surface area contributed by atoms with Crippen molar-refractivity contribution >= 4 is 29.0 Å². The lowest BCUT2D eigenvalue weighted by Crippen LogP contribution is -1.88. The van der Waals surface area contributed by atoms with Crippen molar-refractivity contribution in [2.24, 2.45) is 0 Å². The van der Waals surface area contributed by atoms with Crippen molar-refractivity contribution in [3.63, 3.8) is 0 Å². The molecule has 2 nitrogen and oxygen atoms in total. The zero-order valence-electron chi connectivity index (χ0n) is 7.97. The molecule has 1 N–H and O–H groups in total. The average molecular weight is 238 g/mol. The molecule has 2 aromatic heterocycles. The Morgan fingerprint density at radius 3 is 2.87 bits per heavy atom. The van der Waals surface area contributed by atoms with Gasteiger partial charge in [-0.2, -0.15) is 0 Å². The molecule has 0 aliphatic carbocycles. The van der Waals surface area contributed by atoms with Crippen LogP contribution >= 0.6 is 22.7 Å². The molecule has 0 atom stereocenters. The second-order valence-corrected chi connectivity index (χ2v) is 5.10. The van der Waals surface area contributed by atoms with Gasteiger partial charge in [-0.05, 0) is 35.6 Å². The number of thiophene rings is 2. The Morgan fingerprint density at radius 2 is 2.20 bits per heavy atom. The molecule has 0 fully saturated rings. The van der Waals surface area contributed by atoms with Gasteiger partial charge in [0.1, 0.15) is 0 Å². The second-order valence-electron chi connectivity index (χ2n) is 3.07. The summed E-state index contributed by atoms with van der Waals surface area (Å²) in [5, 5.41) is 10.9. The monoisotopic (exact) mass is 238 g/mol. The Labute approximate surface area is 95.8 Å². The predicted molar refractivity (Wildman–Crippen MR) is 63.8 cm³/mol. The summed E-state index contributed by atoms with van der Waals surface area (Å²) in [7, 11) is 0. The minimum Gasteiger partial charge on any atom is -0.396 e. The maximum absolute atomic E-state index is 10.6. The fourth-order valence-corrected chi connectivity index (χ4v) is 3.35. The Bertz CT molecular complexity index is 457. The van der Waals surface area contributed by atoms with Crippen molar-refractivity contribution in [1.29, 1.82) is 0 Å². The van der Waals surface area contributed by atoms with Gasteiger partial charge in [0.15, 0.2) is 6.29 Å². The van der Waals surface area contributed by atoms with Gasteiger partial charge in [0.25, 0.3) is 0 Å². The van der Waals surface area contributed by atoms with Crippen molar-refractivity contribution in [1.82, 2.24) is 0 Å². The van der Waals surface area contributed by atoms with Gasteiger partial charge in [0.05, 0.1) is 4.88 Å². The van der Waals surface area contributed by atoms with Crippen molar-refractivity contribution in [2.45, 2.75) is 6.42 Å². The van der Waals surface area contributed by atoms with Crippen molar-refractivity contribution in [2.75, 3.05) is 6.61 Å². The first kappa shape index (κ1) is 10.5. The van der Waals surface area contributed by atoms with Crippen molar-refractivity contribution in [3.05, 3.63) is 34.0 Å². The fraction of sp³-hybridized carbons (Fsp3) is 0.182. The quantitative estimate of drug-likeness (QED) is 0.832. The first-order valence-corrected chi connectivity index (χ1v) is 6.27. The number of carbonyl (C=O) groups excluding carboxylic acids is 1. The Hall–Kier alpha value is -0.970. The minimum absolute atomic E-state index is 0.162. The summed E-state index contributed by atoms with van der Waals surface area (Å²) in [5.74, 6) is 0. The number of rotatable bonds is 4. The lowest BCUT2D eigenvalue weighted by atomic mass is 10.2. The summed E-state index contributed by atoms with van der Waals surface area (Å²) in [5.41, 5.74) is 1.15. The van der Waals surface area contributed by atoms with E-state index in [1.807, 2.05) is 23.6 Å². The maximum Gasteiger partial charge on any atom is 0.160 e. The Balaban J connectivity index is 2.35. The number of aliphatic hydroxyl groups excluding tert-OH is 1. The zero-order valence-corrected chi connectivity index (χ0v) is 9.61. The van der Waals surface area contributed by atoms with Crippen LogP contribution in [0.15, 0.2) is 23.6 Å². The highest BCUT2D eigenvalue weighted by Gasteiger charge is 2.08. The standard InChI is InChI=1S/C11H10O2S2/c12-5-3-8-4-6-14-11(8)10-2-1-9(7-13)15-10/h1-2,4,6-7,12H,3,5H2. The minimum atomic E-state index is 0.162. The van der Waals surface area contributed by atoms with Crippen LogP contribution in [-0.2, 0) is 6.42 Å². The molecule has 4 heteroatoms. The first-order chi connectivity index (χ1) is 7.35. The molecule has 0 radical (unpaired) electrons. The molecule has 0 aliphatic rings. The smallest absolute Gasteiger partial charge is 0.160 e. The average Bonchev–Trinajstić information content (AvgIpc) is 2.85. The van der Waals surface area contributed by atoms with Crippen LogP contribution in [0.3, 0.4) is 0 Å². The van der Waals surface area contributed by atoms with E-state index in [4.69, 9.17) is 5.11 Å². The van der Waals surface area contributed by atoms with E-state index >= 15 is 0 Å². The van der Waals surface area contributed by atoms with Gasteiger partial charge in [-0.25, -0.2) is 0 Å². The topological polar surface area (TPSA) is 37.3 Å². The van der Waals surface area contributed by atoms with E-state index in [2.05, 4.69) is 0 Å². The van der Waals surface area contributed by atoms with Crippen LogP contribution in [0, 0.1) is 0 Å². The molecule has 78 valence electrons. The number of hydrogen-bond acceptors (Lipinski definition) is 4. The molecule has 0 unspecified atom stereocenters. The van der Waals surface area contributed by atoms with Crippen molar-refractivity contribution in [3.8, 4) is 9.75 Å². The van der Waals surface area contributed by atoms with Gasteiger partial charge >= 0.3 is 0 Å². The van der Waals surface area contributed by atoms with Gasteiger partial charge in [-0.15, -0.1) is 22.7 Å². The maximum atomic E-state index is 10.6. The molecule has 0 saturated heterocycles.